The summed E-state index contributed by atoms with van der Waals surface area (Å²) >= 11 is 1.65. The Kier molecular flexibility index (Phi) is 3.46. The van der Waals surface area contributed by atoms with Crippen molar-refractivity contribution in [3.8, 4) is 11.5 Å². The molecule has 1 aliphatic carbocycles. The van der Waals surface area contributed by atoms with Crippen molar-refractivity contribution in [2.45, 2.75) is 25.8 Å². The first kappa shape index (κ1) is 13.6. The van der Waals surface area contributed by atoms with Gasteiger partial charge in [-0.1, -0.05) is 6.07 Å². The van der Waals surface area contributed by atoms with Gasteiger partial charge in [0.15, 0.2) is 11.5 Å². The van der Waals surface area contributed by atoms with Crippen LogP contribution >= 0.6 is 11.3 Å². The predicted octanol–water partition coefficient (Wildman–Crippen LogP) is 2.29. The average molecular weight is 316 g/mol. The maximum Gasteiger partial charge on any atom is 0.231 e. The zero-order chi connectivity index (χ0) is 14.9. The second-order valence-electron chi connectivity index (χ2n) is 5.57. The number of amides is 1. The van der Waals surface area contributed by atoms with E-state index in [-0.39, 0.29) is 18.6 Å². The van der Waals surface area contributed by atoms with Gasteiger partial charge in [0, 0.05) is 17.3 Å². The van der Waals surface area contributed by atoms with Gasteiger partial charge in [-0.05, 0) is 37.0 Å². The quantitative estimate of drug-likeness (QED) is 0.944. The molecule has 2 heterocycles. The Labute approximate surface area is 132 Å². The van der Waals surface area contributed by atoms with Gasteiger partial charge in [0.25, 0.3) is 0 Å². The summed E-state index contributed by atoms with van der Waals surface area (Å²) in [5.41, 5.74) is 4.06. The molecule has 0 saturated heterocycles. The fraction of sp³-hybridized carbons (Fsp3) is 0.375. The number of fused-ring (bicyclic) bond motifs is 2. The number of ether oxygens (including phenoxy) is 2. The number of thiazole rings is 1. The maximum atomic E-state index is 12.4. The summed E-state index contributed by atoms with van der Waals surface area (Å²) in [6, 6.07) is 5.76. The van der Waals surface area contributed by atoms with E-state index in [0.29, 0.717) is 6.54 Å². The normalized spacial score (nSPS) is 18.8. The van der Waals surface area contributed by atoms with E-state index in [1.165, 1.54) is 10.6 Å². The molecule has 1 aromatic heterocycles. The highest BCUT2D eigenvalue weighted by atomic mass is 32.1. The molecule has 4 rings (SSSR count). The maximum absolute atomic E-state index is 12.4. The van der Waals surface area contributed by atoms with E-state index < -0.39 is 0 Å². The Morgan fingerprint density at radius 1 is 1.36 bits per heavy atom. The van der Waals surface area contributed by atoms with Gasteiger partial charge in [-0.3, -0.25) is 4.79 Å². The molecular formula is C16H16N2O3S. The molecule has 0 saturated carbocycles. The third-order valence-corrected chi connectivity index (χ3v) is 5.06. The van der Waals surface area contributed by atoms with Crippen molar-refractivity contribution in [2.24, 2.45) is 5.92 Å². The molecule has 114 valence electrons. The molecule has 1 N–H and O–H groups in total. The minimum absolute atomic E-state index is 0.0574. The van der Waals surface area contributed by atoms with Crippen molar-refractivity contribution in [2.75, 3.05) is 6.79 Å². The molecule has 1 aromatic carbocycles. The second kappa shape index (κ2) is 5.61. The van der Waals surface area contributed by atoms with Gasteiger partial charge in [0.2, 0.25) is 12.7 Å². The number of hydrogen-bond donors (Lipinski definition) is 1. The first-order valence-electron chi connectivity index (χ1n) is 7.37. The molecule has 2 aromatic rings. The van der Waals surface area contributed by atoms with Crippen molar-refractivity contribution >= 4 is 17.2 Å². The van der Waals surface area contributed by atoms with Crippen LogP contribution in [-0.2, 0) is 24.2 Å². The van der Waals surface area contributed by atoms with Crippen molar-refractivity contribution in [1.82, 2.24) is 10.3 Å². The van der Waals surface area contributed by atoms with E-state index in [0.717, 1.165) is 36.3 Å². The summed E-state index contributed by atoms with van der Waals surface area (Å²) in [6.45, 7) is 0.784. The van der Waals surface area contributed by atoms with Crippen LogP contribution in [0.4, 0.5) is 0 Å². The van der Waals surface area contributed by atoms with Gasteiger partial charge >= 0.3 is 0 Å². The number of benzene rings is 1. The molecule has 1 amide bonds. The molecule has 0 radical (unpaired) electrons. The molecule has 1 aliphatic heterocycles. The lowest BCUT2D eigenvalue weighted by Gasteiger charge is -2.20. The third kappa shape index (κ3) is 2.54. The number of carbonyl (C=O) groups is 1. The van der Waals surface area contributed by atoms with Gasteiger partial charge in [-0.15, -0.1) is 11.3 Å². The molecule has 6 heteroatoms. The number of aromatic nitrogens is 1. The minimum atomic E-state index is 0.0574. The SMILES string of the molecule is O=C(NCc1ccc2c(c1)OCO2)C1CCc2ncsc2C1. The molecular weight excluding hydrogens is 300 g/mol. The summed E-state index contributed by atoms with van der Waals surface area (Å²) in [5.74, 6) is 1.69. The van der Waals surface area contributed by atoms with E-state index in [1.54, 1.807) is 11.3 Å². The lowest BCUT2D eigenvalue weighted by atomic mass is 9.90. The summed E-state index contributed by atoms with van der Waals surface area (Å²) in [6.07, 6.45) is 2.59. The third-order valence-electron chi connectivity index (χ3n) is 4.16. The van der Waals surface area contributed by atoms with Crippen LogP contribution < -0.4 is 14.8 Å². The minimum Gasteiger partial charge on any atom is -0.454 e. The number of aryl methyl sites for hydroxylation is 1. The predicted molar refractivity (Wildman–Crippen MR) is 82.0 cm³/mol. The number of hydrogen-bond acceptors (Lipinski definition) is 5. The van der Waals surface area contributed by atoms with Gasteiger partial charge in [-0.2, -0.15) is 0 Å². The molecule has 2 aliphatic rings. The van der Waals surface area contributed by atoms with Gasteiger partial charge in [0.05, 0.1) is 11.2 Å². The van der Waals surface area contributed by atoms with Crippen LogP contribution in [0, 0.1) is 5.92 Å². The van der Waals surface area contributed by atoms with Gasteiger partial charge in [-0.25, -0.2) is 4.98 Å². The Morgan fingerprint density at radius 3 is 3.23 bits per heavy atom. The molecule has 1 unspecified atom stereocenters. The number of nitrogens with zero attached hydrogens (tertiary/aromatic N) is 1. The Balaban J connectivity index is 1.37. The van der Waals surface area contributed by atoms with E-state index in [4.69, 9.17) is 9.47 Å². The number of nitrogens with one attached hydrogen (secondary N) is 1. The smallest absolute Gasteiger partial charge is 0.231 e. The zero-order valence-corrected chi connectivity index (χ0v) is 12.8. The Bertz CT molecular complexity index is 713. The lowest BCUT2D eigenvalue weighted by molar-refractivity contribution is -0.125. The largest absolute Gasteiger partial charge is 0.454 e. The highest BCUT2D eigenvalue weighted by molar-refractivity contribution is 7.09. The average Bonchev–Trinajstić information content (AvgIpc) is 3.19. The molecule has 1 atom stereocenters. The van der Waals surface area contributed by atoms with Crippen LogP contribution in [-0.4, -0.2) is 17.7 Å². The fourth-order valence-electron chi connectivity index (χ4n) is 2.91. The van der Waals surface area contributed by atoms with Gasteiger partial charge in [0.1, 0.15) is 0 Å². The summed E-state index contributed by atoms with van der Waals surface area (Å²) < 4.78 is 10.6. The second-order valence-corrected chi connectivity index (χ2v) is 6.51. The molecule has 22 heavy (non-hydrogen) atoms. The highest BCUT2D eigenvalue weighted by Gasteiger charge is 2.26. The van der Waals surface area contributed by atoms with Crippen molar-refractivity contribution < 1.29 is 14.3 Å². The topological polar surface area (TPSA) is 60.5 Å². The molecule has 5 nitrogen and oxygen atoms in total. The Hall–Kier alpha value is -2.08. The van der Waals surface area contributed by atoms with Crippen molar-refractivity contribution in [3.05, 3.63) is 39.8 Å². The van der Waals surface area contributed by atoms with Crippen LogP contribution in [0.25, 0.3) is 0 Å². The fourth-order valence-corrected chi connectivity index (χ4v) is 3.80. The van der Waals surface area contributed by atoms with Crippen molar-refractivity contribution in [1.29, 1.82) is 0 Å². The summed E-state index contributed by atoms with van der Waals surface area (Å²) in [4.78, 5) is 18.0. The van der Waals surface area contributed by atoms with E-state index >= 15 is 0 Å². The highest BCUT2D eigenvalue weighted by Crippen LogP contribution is 2.32. The molecule has 0 fully saturated rings. The van der Waals surface area contributed by atoms with Crippen LogP contribution in [0.5, 0.6) is 11.5 Å². The van der Waals surface area contributed by atoms with E-state index in [2.05, 4.69) is 10.3 Å². The standard InChI is InChI=1S/C16H16N2O3S/c19-16(11-2-3-12-15(6-11)22-8-18-12)17-7-10-1-4-13-14(5-10)21-9-20-13/h1,4-5,8,11H,2-3,6-7,9H2,(H,17,19). The number of carbonyl (C=O) groups excluding carboxylic acids is 1. The van der Waals surface area contributed by atoms with Gasteiger partial charge < -0.3 is 14.8 Å². The summed E-state index contributed by atoms with van der Waals surface area (Å²) in [5, 5.41) is 3.03. The lowest BCUT2D eigenvalue weighted by Crippen LogP contribution is -2.33. The first-order valence-corrected chi connectivity index (χ1v) is 8.25. The Morgan fingerprint density at radius 2 is 2.27 bits per heavy atom. The van der Waals surface area contributed by atoms with E-state index in [9.17, 15) is 4.79 Å². The van der Waals surface area contributed by atoms with Crippen molar-refractivity contribution in [3.63, 3.8) is 0 Å². The zero-order valence-electron chi connectivity index (χ0n) is 12.0. The van der Waals surface area contributed by atoms with Crippen LogP contribution in [0.3, 0.4) is 0 Å². The molecule has 0 spiro atoms. The van der Waals surface area contributed by atoms with Crippen LogP contribution in [0.15, 0.2) is 23.7 Å². The first-order chi connectivity index (χ1) is 10.8. The molecule has 0 bridgehead atoms. The van der Waals surface area contributed by atoms with Crippen LogP contribution in [0.1, 0.15) is 22.6 Å². The van der Waals surface area contributed by atoms with Crippen LogP contribution in [0.2, 0.25) is 0 Å². The summed E-state index contributed by atoms with van der Waals surface area (Å²) in [7, 11) is 0. The van der Waals surface area contributed by atoms with E-state index in [1.807, 2.05) is 23.7 Å². The monoisotopic (exact) mass is 316 g/mol. The number of rotatable bonds is 3.